The molecule has 1 N–H and O–H groups in total. The van der Waals surface area contributed by atoms with Crippen molar-refractivity contribution in [2.75, 3.05) is 14.1 Å². The maximum absolute atomic E-state index is 13.1. The molecule has 1 heterocycles. The van der Waals surface area contributed by atoms with Crippen LogP contribution in [0.15, 0.2) is 64.0 Å². The highest BCUT2D eigenvalue weighted by molar-refractivity contribution is 9.10. The van der Waals surface area contributed by atoms with E-state index in [4.69, 9.17) is 14.1 Å². The summed E-state index contributed by atoms with van der Waals surface area (Å²) in [5.74, 6) is 0.250. The topological polar surface area (TPSA) is 104 Å². The minimum atomic E-state index is -1.50. The van der Waals surface area contributed by atoms with Crippen molar-refractivity contribution in [3.63, 3.8) is 0 Å². The molecule has 0 spiro atoms. The van der Waals surface area contributed by atoms with E-state index in [1.807, 2.05) is 50.4 Å². The molecular formula is C28H32BrN3O5. The van der Waals surface area contributed by atoms with Crippen LogP contribution in [-0.4, -0.2) is 41.2 Å². The van der Waals surface area contributed by atoms with Crippen LogP contribution >= 0.6 is 15.9 Å². The van der Waals surface area contributed by atoms with E-state index in [1.54, 1.807) is 19.2 Å². The van der Waals surface area contributed by atoms with Crippen LogP contribution in [0, 0.1) is 6.92 Å². The molecule has 0 saturated carbocycles. The van der Waals surface area contributed by atoms with E-state index in [2.05, 4.69) is 27.8 Å². The van der Waals surface area contributed by atoms with Crippen LogP contribution < -0.4 is 15.2 Å². The number of oxazole rings is 1. The maximum atomic E-state index is 13.1. The number of carboxylic acids is 1. The molecule has 2 amide bonds. The highest BCUT2D eigenvalue weighted by atomic mass is 79.9. The number of carbonyl (C=O) groups is 2. The summed E-state index contributed by atoms with van der Waals surface area (Å²) in [6.45, 7) is 9.17. The molecule has 1 aromatic heterocycles. The van der Waals surface area contributed by atoms with Gasteiger partial charge in [-0.2, -0.15) is 0 Å². The normalized spacial score (nSPS) is 13.0. The van der Waals surface area contributed by atoms with Crippen LogP contribution in [0.4, 0.5) is 4.79 Å². The summed E-state index contributed by atoms with van der Waals surface area (Å²) in [6.07, 6.45) is 2.18. The molecule has 3 aromatic rings. The second kappa shape index (κ2) is 11.3. The van der Waals surface area contributed by atoms with Gasteiger partial charge in [0.2, 0.25) is 5.89 Å². The third kappa shape index (κ3) is 6.67. The summed E-state index contributed by atoms with van der Waals surface area (Å²) < 4.78 is 12.6. The standard InChI is InChI=1S/C28H32BrN3O5/c1-7-9-20-14-19(12-13-24(20)37-28(3,4)26(33)34)16-32(6,27(35)30-5)17-23-18(2)36-25(31-23)21-10-8-11-22(29)15-21/h7-8,10-15H,1,9,16-17H2,2-6H3,(H-,30,33,34,35). The van der Waals surface area contributed by atoms with Gasteiger partial charge in [-0.15, -0.1) is 6.58 Å². The van der Waals surface area contributed by atoms with Gasteiger partial charge < -0.3 is 24.4 Å². The Morgan fingerprint density at radius 3 is 2.59 bits per heavy atom. The third-order valence-corrected chi connectivity index (χ3v) is 6.54. The molecule has 196 valence electrons. The van der Waals surface area contributed by atoms with Gasteiger partial charge in [0, 0.05) is 22.6 Å². The SMILES string of the molecule is C=CCc1cc(C[N+](C)(Cc2nc(-c3cccc(Br)c3)oc2C)C(=O)NC)ccc1OC(C)(C)C(=O)[O-]. The number of hydrogen-bond donors (Lipinski definition) is 1. The molecular weight excluding hydrogens is 538 g/mol. The lowest BCUT2D eigenvalue weighted by Crippen LogP contribution is -2.52. The summed E-state index contributed by atoms with van der Waals surface area (Å²) >= 11 is 3.47. The van der Waals surface area contributed by atoms with E-state index < -0.39 is 11.6 Å². The largest absolute Gasteiger partial charge is 0.546 e. The number of rotatable bonds is 10. The summed E-state index contributed by atoms with van der Waals surface area (Å²) in [5.41, 5.74) is 1.65. The Morgan fingerprint density at radius 2 is 1.97 bits per heavy atom. The number of nitrogens with one attached hydrogen (secondary N) is 1. The quantitative estimate of drug-likeness (QED) is 0.284. The van der Waals surface area contributed by atoms with Crippen molar-refractivity contribution in [2.45, 2.75) is 45.9 Å². The zero-order valence-corrected chi connectivity index (χ0v) is 23.3. The van der Waals surface area contributed by atoms with E-state index in [1.165, 1.54) is 13.8 Å². The van der Waals surface area contributed by atoms with Crippen LogP contribution in [0.5, 0.6) is 5.75 Å². The predicted octanol–water partition coefficient (Wildman–Crippen LogP) is 4.53. The minimum Gasteiger partial charge on any atom is -0.546 e. The Bertz CT molecular complexity index is 1320. The molecule has 0 aliphatic carbocycles. The molecule has 0 saturated heterocycles. The second-order valence-corrected chi connectivity index (χ2v) is 10.5. The summed E-state index contributed by atoms with van der Waals surface area (Å²) in [7, 11) is 3.44. The van der Waals surface area contributed by atoms with Gasteiger partial charge in [0.25, 0.3) is 0 Å². The minimum absolute atomic E-state index is 0.0138. The molecule has 9 heteroatoms. The molecule has 8 nitrogen and oxygen atoms in total. The van der Waals surface area contributed by atoms with E-state index in [-0.39, 0.29) is 10.5 Å². The number of quaternary nitrogens is 1. The van der Waals surface area contributed by atoms with Gasteiger partial charge in [-0.25, -0.2) is 14.3 Å². The monoisotopic (exact) mass is 569 g/mol. The zero-order chi connectivity index (χ0) is 27.4. The number of aliphatic carboxylic acids is 1. The molecule has 0 bridgehead atoms. The lowest BCUT2D eigenvalue weighted by atomic mass is 10.0. The van der Waals surface area contributed by atoms with Gasteiger partial charge in [0.05, 0.1) is 13.0 Å². The molecule has 0 radical (unpaired) electrons. The number of nitrogens with zero attached hydrogens (tertiary/aromatic N) is 2. The first-order chi connectivity index (χ1) is 17.4. The van der Waals surface area contributed by atoms with Crippen LogP contribution in [0.3, 0.4) is 0 Å². The maximum Gasteiger partial charge on any atom is 0.416 e. The fraction of sp³-hybridized carbons (Fsp3) is 0.321. The fourth-order valence-corrected chi connectivity index (χ4v) is 4.38. The van der Waals surface area contributed by atoms with Gasteiger partial charge in [-0.3, -0.25) is 0 Å². The van der Waals surface area contributed by atoms with Crippen molar-refractivity contribution in [3.8, 4) is 17.2 Å². The number of carboxylic acid groups (broad SMARTS) is 1. The summed E-state index contributed by atoms with van der Waals surface area (Å²) in [6, 6.07) is 12.9. The number of halogens is 1. The Morgan fingerprint density at radius 1 is 1.24 bits per heavy atom. The average molecular weight is 570 g/mol. The smallest absolute Gasteiger partial charge is 0.416 e. The first-order valence-corrected chi connectivity index (χ1v) is 12.6. The van der Waals surface area contributed by atoms with Crippen molar-refractivity contribution >= 4 is 27.9 Å². The van der Waals surface area contributed by atoms with E-state index >= 15 is 0 Å². The van der Waals surface area contributed by atoms with Crippen molar-refractivity contribution < 1.29 is 28.3 Å². The van der Waals surface area contributed by atoms with Gasteiger partial charge in [0.1, 0.15) is 35.9 Å². The summed E-state index contributed by atoms with van der Waals surface area (Å²) in [5, 5.41) is 14.2. The number of allylic oxidation sites excluding steroid dienone is 1. The van der Waals surface area contributed by atoms with Crippen LogP contribution in [0.2, 0.25) is 0 Å². The van der Waals surface area contributed by atoms with Crippen LogP contribution in [0.25, 0.3) is 11.5 Å². The molecule has 0 aliphatic heterocycles. The van der Waals surface area contributed by atoms with Gasteiger partial charge >= 0.3 is 6.03 Å². The molecule has 1 unspecified atom stereocenters. The number of aryl methyl sites for hydroxylation is 1. The van der Waals surface area contributed by atoms with Crippen molar-refractivity contribution in [2.24, 2.45) is 0 Å². The number of urea groups is 1. The van der Waals surface area contributed by atoms with E-state index in [0.717, 1.165) is 21.2 Å². The van der Waals surface area contributed by atoms with Crippen LogP contribution in [-0.2, 0) is 24.3 Å². The van der Waals surface area contributed by atoms with Gasteiger partial charge in [-0.05, 0) is 69.2 Å². The Balaban J connectivity index is 1.93. The van der Waals surface area contributed by atoms with Crippen LogP contribution in [0.1, 0.15) is 36.4 Å². The first kappa shape index (κ1) is 28.1. The molecule has 0 aliphatic rings. The Hall–Kier alpha value is -3.43. The number of amides is 2. The molecule has 37 heavy (non-hydrogen) atoms. The number of ether oxygens (including phenoxy) is 1. The molecule has 2 aromatic carbocycles. The Kier molecular flexibility index (Phi) is 8.60. The number of carbonyl (C=O) groups excluding carboxylic acids is 2. The molecule has 0 fully saturated rings. The average Bonchev–Trinajstić information content (AvgIpc) is 3.19. The van der Waals surface area contributed by atoms with Crippen molar-refractivity contribution in [1.82, 2.24) is 10.3 Å². The summed E-state index contributed by atoms with van der Waals surface area (Å²) in [4.78, 5) is 29.3. The third-order valence-electron chi connectivity index (χ3n) is 6.04. The van der Waals surface area contributed by atoms with Crippen molar-refractivity contribution in [3.05, 3.63) is 82.2 Å². The number of benzene rings is 2. The van der Waals surface area contributed by atoms with Gasteiger partial charge in [0.15, 0.2) is 0 Å². The Labute approximate surface area is 225 Å². The van der Waals surface area contributed by atoms with E-state index in [9.17, 15) is 14.7 Å². The lowest BCUT2D eigenvalue weighted by molar-refractivity contribution is -0.858. The van der Waals surface area contributed by atoms with E-state index in [0.29, 0.717) is 42.6 Å². The number of aromatic nitrogens is 1. The highest BCUT2D eigenvalue weighted by Crippen LogP contribution is 2.29. The molecule has 1 atom stereocenters. The highest BCUT2D eigenvalue weighted by Gasteiger charge is 2.34. The second-order valence-electron chi connectivity index (χ2n) is 9.63. The predicted molar refractivity (Wildman–Crippen MR) is 142 cm³/mol. The fourth-order valence-electron chi connectivity index (χ4n) is 3.98. The van der Waals surface area contributed by atoms with Crippen molar-refractivity contribution in [1.29, 1.82) is 0 Å². The lowest BCUT2D eigenvalue weighted by Gasteiger charge is -2.31. The molecule has 3 rings (SSSR count). The number of hydrogen-bond acceptors (Lipinski definition) is 6. The van der Waals surface area contributed by atoms with Gasteiger partial charge in [-0.1, -0.05) is 28.1 Å². The zero-order valence-electron chi connectivity index (χ0n) is 21.8. The first-order valence-electron chi connectivity index (χ1n) is 11.8.